The molecule has 0 atom stereocenters. The Kier molecular flexibility index (Phi) is 5.94. The summed E-state index contributed by atoms with van der Waals surface area (Å²) in [7, 11) is 1.43. The normalized spacial score (nSPS) is 11.9. The van der Waals surface area contributed by atoms with Crippen LogP contribution in [-0.2, 0) is 21.5 Å². The lowest BCUT2D eigenvalue weighted by molar-refractivity contribution is -0.141. The highest BCUT2D eigenvalue weighted by Gasteiger charge is 2.18. The minimum absolute atomic E-state index is 0.0951. The van der Waals surface area contributed by atoms with Gasteiger partial charge in [0.25, 0.3) is 0 Å². The maximum atomic E-state index is 11.2. The van der Waals surface area contributed by atoms with Gasteiger partial charge in [-0.3, -0.25) is 9.69 Å². The van der Waals surface area contributed by atoms with Crippen LogP contribution in [-0.4, -0.2) is 36.1 Å². The first-order chi connectivity index (χ1) is 8.86. The van der Waals surface area contributed by atoms with Crippen molar-refractivity contribution in [1.82, 2.24) is 9.88 Å². The van der Waals surface area contributed by atoms with Gasteiger partial charge in [0.1, 0.15) is 5.01 Å². The summed E-state index contributed by atoms with van der Waals surface area (Å²) >= 11 is 1.69. The predicted octanol–water partition coefficient (Wildman–Crippen LogP) is 2.83. The van der Waals surface area contributed by atoms with Crippen LogP contribution in [0.2, 0.25) is 0 Å². The minimum atomic E-state index is -0.159. The number of esters is 1. The fraction of sp³-hybridized carbons (Fsp3) is 0.714. The molecule has 0 N–H and O–H groups in total. The molecular formula is C14H24N2O2S. The molecule has 0 bridgehead atoms. The summed E-state index contributed by atoms with van der Waals surface area (Å²) in [6, 6.07) is 0. The topological polar surface area (TPSA) is 42.4 Å². The summed E-state index contributed by atoms with van der Waals surface area (Å²) in [6.07, 6.45) is 0.432. The summed E-state index contributed by atoms with van der Waals surface area (Å²) in [4.78, 5) is 18.0. The van der Waals surface area contributed by atoms with Crippen molar-refractivity contribution in [3.05, 3.63) is 16.1 Å². The number of methoxy groups -OCH3 is 1. The van der Waals surface area contributed by atoms with Gasteiger partial charge in [-0.25, -0.2) is 4.98 Å². The first kappa shape index (κ1) is 16.1. The molecule has 1 rings (SSSR count). The van der Waals surface area contributed by atoms with E-state index in [1.165, 1.54) is 7.11 Å². The molecule has 0 unspecified atom stereocenters. The second kappa shape index (κ2) is 7.01. The largest absolute Gasteiger partial charge is 0.469 e. The van der Waals surface area contributed by atoms with Crippen molar-refractivity contribution >= 4 is 17.3 Å². The summed E-state index contributed by atoms with van der Waals surface area (Å²) in [5.74, 6) is -0.159. The van der Waals surface area contributed by atoms with Crippen molar-refractivity contribution in [3.63, 3.8) is 0 Å². The maximum Gasteiger partial charge on any atom is 0.306 e. The number of hydrogen-bond donors (Lipinski definition) is 0. The number of carbonyl (C=O) groups is 1. The Morgan fingerprint density at radius 2 is 2.16 bits per heavy atom. The lowest BCUT2D eigenvalue weighted by Crippen LogP contribution is -2.26. The summed E-state index contributed by atoms with van der Waals surface area (Å²) in [6.45, 7) is 11.0. The first-order valence-corrected chi connectivity index (χ1v) is 7.48. The van der Waals surface area contributed by atoms with Gasteiger partial charge in [-0.1, -0.05) is 27.7 Å². The zero-order valence-corrected chi connectivity index (χ0v) is 13.3. The highest BCUT2D eigenvalue weighted by Crippen LogP contribution is 2.24. The van der Waals surface area contributed by atoms with E-state index in [1.54, 1.807) is 11.3 Å². The minimum Gasteiger partial charge on any atom is -0.469 e. The molecule has 0 aliphatic rings. The second-order valence-electron chi connectivity index (χ2n) is 5.57. The molecule has 0 aliphatic heterocycles. The number of aromatic nitrogens is 1. The van der Waals surface area contributed by atoms with Crippen molar-refractivity contribution in [2.75, 3.05) is 20.2 Å². The smallest absolute Gasteiger partial charge is 0.306 e. The van der Waals surface area contributed by atoms with E-state index in [2.05, 4.69) is 47.7 Å². The Hall–Kier alpha value is -0.940. The van der Waals surface area contributed by atoms with Crippen molar-refractivity contribution in [3.8, 4) is 0 Å². The quantitative estimate of drug-likeness (QED) is 0.753. The van der Waals surface area contributed by atoms with Gasteiger partial charge >= 0.3 is 5.97 Å². The van der Waals surface area contributed by atoms with Crippen LogP contribution in [0.3, 0.4) is 0 Å². The number of hydrogen-bond acceptors (Lipinski definition) is 5. The van der Waals surface area contributed by atoms with E-state index in [4.69, 9.17) is 0 Å². The number of thiazole rings is 1. The summed E-state index contributed by atoms with van der Waals surface area (Å²) < 4.78 is 4.67. The van der Waals surface area contributed by atoms with Crippen LogP contribution in [0.15, 0.2) is 5.38 Å². The highest BCUT2D eigenvalue weighted by atomic mass is 32.1. The molecule has 0 saturated heterocycles. The molecule has 0 saturated carbocycles. The fourth-order valence-electron chi connectivity index (χ4n) is 1.62. The van der Waals surface area contributed by atoms with E-state index < -0.39 is 0 Å². The van der Waals surface area contributed by atoms with E-state index in [1.807, 2.05) is 0 Å². The molecule has 1 heterocycles. The molecule has 0 spiro atoms. The van der Waals surface area contributed by atoms with Gasteiger partial charge in [0, 0.05) is 17.3 Å². The van der Waals surface area contributed by atoms with Crippen LogP contribution in [0.5, 0.6) is 0 Å². The van der Waals surface area contributed by atoms with Crippen LogP contribution in [0.25, 0.3) is 0 Å². The average Bonchev–Trinajstić information content (AvgIpc) is 2.82. The molecule has 0 radical (unpaired) electrons. The van der Waals surface area contributed by atoms with Crippen LogP contribution >= 0.6 is 11.3 Å². The fourth-order valence-corrected chi connectivity index (χ4v) is 2.68. The molecule has 0 aliphatic carbocycles. The van der Waals surface area contributed by atoms with E-state index in [0.29, 0.717) is 13.0 Å². The summed E-state index contributed by atoms with van der Waals surface area (Å²) in [5, 5.41) is 3.24. The van der Waals surface area contributed by atoms with Gasteiger partial charge in [-0.05, 0) is 6.54 Å². The van der Waals surface area contributed by atoms with Crippen molar-refractivity contribution in [2.45, 2.75) is 46.1 Å². The molecule has 1 aromatic rings. The van der Waals surface area contributed by atoms with Crippen molar-refractivity contribution in [2.24, 2.45) is 0 Å². The molecule has 0 fully saturated rings. The lowest BCUT2D eigenvalue weighted by atomic mass is 9.93. The second-order valence-corrected chi connectivity index (χ2v) is 6.51. The van der Waals surface area contributed by atoms with E-state index in [-0.39, 0.29) is 11.4 Å². The Labute approximate surface area is 119 Å². The van der Waals surface area contributed by atoms with Gasteiger partial charge in [-0.2, -0.15) is 0 Å². The molecule has 108 valence electrons. The van der Waals surface area contributed by atoms with E-state index in [9.17, 15) is 4.79 Å². The highest BCUT2D eigenvalue weighted by molar-refractivity contribution is 7.09. The number of ether oxygens (including phenoxy) is 1. The van der Waals surface area contributed by atoms with Gasteiger partial charge in [0.15, 0.2) is 0 Å². The SMILES string of the molecule is CCN(CCC(=O)OC)Cc1nc(C(C)(C)C)cs1. The van der Waals surface area contributed by atoms with Crippen LogP contribution in [0, 0.1) is 0 Å². The first-order valence-electron chi connectivity index (χ1n) is 6.61. The zero-order valence-electron chi connectivity index (χ0n) is 12.5. The maximum absolute atomic E-state index is 11.2. The number of rotatable bonds is 6. The Balaban J connectivity index is 2.56. The van der Waals surface area contributed by atoms with Gasteiger partial charge < -0.3 is 4.74 Å². The molecule has 4 nitrogen and oxygen atoms in total. The Morgan fingerprint density at radius 1 is 1.47 bits per heavy atom. The third-order valence-electron chi connectivity index (χ3n) is 2.99. The lowest BCUT2D eigenvalue weighted by Gasteiger charge is -2.18. The van der Waals surface area contributed by atoms with Crippen molar-refractivity contribution < 1.29 is 9.53 Å². The molecular weight excluding hydrogens is 260 g/mol. The van der Waals surface area contributed by atoms with Crippen molar-refractivity contribution in [1.29, 1.82) is 0 Å². The Morgan fingerprint density at radius 3 is 2.63 bits per heavy atom. The number of carbonyl (C=O) groups excluding carboxylic acids is 1. The standard InChI is InChI=1S/C14H24N2O2S/c1-6-16(8-7-13(17)18-5)9-12-15-11(10-19-12)14(2,3)4/h10H,6-9H2,1-5H3. The van der Waals surface area contributed by atoms with Crippen LogP contribution < -0.4 is 0 Å². The molecule has 1 aromatic heterocycles. The molecule has 0 aromatic carbocycles. The monoisotopic (exact) mass is 284 g/mol. The predicted molar refractivity (Wildman–Crippen MR) is 78.4 cm³/mol. The van der Waals surface area contributed by atoms with E-state index in [0.717, 1.165) is 23.8 Å². The number of nitrogens with zero attached hydrogens (tertiary/aromatic N) is 2. The third kappa shape index (κ3) is 5.28. The summed E-state index contributed by atoms with van der Waals surface area (Å²) in [5.41, 5.74) is 1.23. The van der Waals surface area contributed by atoms with Gasteiger partial charge in [0.2, 0.25) is 0 Å². The molecule has 5 heteroatoms. The molecule has 19 heavy (non-hydrogen) atoms. The Bertz CT molecular complexity index is 410. The van der Waals surface area contributed by atoms with Gasteiger partial charge in [0.05, 0.1) is 25.8 Å². The molecule has 0 amide bonds. The zero-order chi connectivity index (χ0) is 14.5. The van der Waals surface area contributed by atoms with Gasteiger partial charge in [-0.15, -0.1) is 11.3 Å². The van der Waals surface area contributed by atoms with Crippen LogP contribution in [0.1, 0.15) is 44.8 Å². The average molecular weight is 284 g/mol. The van der Waals surface area contributed by atoms with Crippen LogP contribution in [0.4, 0.5) is 0 Å². The van der Waals surface area contributed by atoms with E-state index >= 15 is 0 Å². The third-order valence-corrected chi connectivity index (χ3v) is 3.82.